The number of ether oxygens (including phenoxy) is 1. The van der Waals surface area contributed by atoms with Gasteiger partial charge in [-0.15, -0.1) is 0 Å². The van der Waals surface area contributed by atoms with Gasteiger partial charge in [0.2, 0.25) is 0 Å². The fourth-order valence-corrected chi connectivity index (χ4v) is 4.07. The Balaban J connectivity index is 1.32. The van der Waals surface area contributed by atoms with E-state index in [9.17, 15) is 9.59 Å². The number of fused-ring (bicyclic) bond motifs is 1. The van der Waals surface area contributed by atoms with Crippen molar-refractivity contribution in [2.45, 2.75) is 0 Å². The van der Waals surface area contributed by atoms with E-state index in [0.29, 0.717) is 29.9 Å². The topological polar surface area (TPSA) is 81.4 Å². The van der Waals surface area contributed by atoms with Crippen LogP contribution in [0.3, 0.4) is 0 Å². The van der Waals surface area contributed by atoms with Crippen molar-refractivity contribution in [2.75, 3.05) is 37.7 Å². The number of carbonyl (C=O) groups excluding carboxylic acids is 1. The van der Waals surface area contributed by atoms with Crippen LogP contribution >= 0.6 is 45.2 Å². The number of H-pyrrole nitrogens is 2. The molecule has 0 bridgehead atoms. The van der Waals surface area contributed by atoms with Crippen molar-refractivity contribution in [3.8, 4) is 5.75 Å². The molecule has 9 heteroatoms. The summed E-state index contributed by atoms with van der Waals surface area (Å²) >= 11 is 4.68. The van der Waals surface area contributed by atoms with E-state index < -0.39 is 0 Å². The van der Waals surface area contributed by atoms with Crippen molar-refractivity contribution in [1.82, 2.24) is 14.9 Å². The second-order valence-electron chi connectivity index (χ2n) is 6.54. The van der Waals surface area contributed by atoms with Crippen molar-refractivity contribution in [3.63, 3.8) is 0 Å². The van der Waals surface area contributed by atoms with Gasteiger partial charge in [0.05, 0.1) is 11.0 Å². The van der Waals surface area contributed by atoms with E-state index in [1.54, 1.807) is 18.2 Å². The molecule has 1 amide bonds. The Morgan fingerprint density at radius 3 is 2.46 bits per heavy atom. The Kier molecular flexibility index (Phi) is 5.80. The van der Waals surface area contributed by atoms with Gasteiger partial charge >= 0.3 is 5.69 Å². The summed E-state index contributed by atoms with van der Waals surface area (Å²) in [5, 5.41) is 0. The van der Waals surface area contributed by atoms with Crippen molar-refractivity contribution in [1.29, 1.82) is 0 Å². The zero-order chi connectivity index (χ0) is 19.7. The largest absolute Gasteiger partial charge is 0.484 e. The molecular formula is C19H18I2N4O3. The van der Waals surface area contributed by atoms with E-state index >= 15 is 0 Å². The van der Waals surface area contributed by atoms with Gasteiger partial charge in [0.25, 0.3) is 5.91 Å². The number of nitrogens with zero attached hydrogens (tertiary/aromatic N) is 2. The minimum absolute atomic E-state index is 0.0123. The molecule has 2 N–H and O–H groups in total. The third-order valence-corrected chi connectivity index (χ3v) is 7.62. The van der Waals surface area contributed by atoms with E-state index in [1.165, 1.54) is 12.8 Å². The maximum Gasteiger partial charge on any atom is 0.323 e. The average Bonchev–Trinajstić information content (AvgIpc) is 3.07. The molecule has 0 spiro atoms. The molecule has 7 nitrogen and oxygen atoms in total. The molecule has 1 aliphatic heterocycles. The van der Waals surface area contributed by atoms with Gasteiger partial charge < -0.3 is 24.5 Å². The molecule has 3 aromatic rings. The number of amides is 1. The highest BCUT2D eigenvalue weighted by Crippen LogP contribution is 2.23. The minimum atomic E-state index is -0.260. The summed E-state index contributed by atoms with van der Waals surface area (Å²) in [6.07, 6.45) is 0. The maximum atomic E-state index is 12.5. The van der Waals surface area contributed by atoms with Gasteiger partial charge in [0, 0.05) is 45.1 Å². The summed E-state index contributed by atoms with van der Waals surface area (Å²) in [5.74, 6) is 0.530. The molecule has 1 aromatic heterocycles. The van der Waals surface area contributed by atoms with Gasteiger partial charge in [0.15, 0.2) is 6.61 Å². The van der Waals surface area contributed by atoms with Crippen LogP contribution in [0.4, 0.5) is 5.69 Å². The summed E-state index contributed by atoms with van der Waals surface area (Å²) in [7, 11) is 0. The molecule has 0 atom stereocenters. The fraction of sp³-hybridized carbons (Fsp3) is 0.263. The fourth-order valence-electron chi connectivity index (χ4n) is 3.23. The second kappa shape index (κ2) is 8.31. The third-order valence-electron chi connectivity index (χ3n) is 4.75. The van der Waals surface area contributed by atoms with E-state index in [2.05, 4.69) is 78.2 Å². The highest BCUT2D eigenvalue weighted by atomic mass is 127. The number of carbonyl (C=O) groups is 1. The molecule has 1 saturated heterocycles. The van der Waals surface area contributed by atoms with Crippen LogP contribution in [-0.2, 0) is 4.79 Å². The van der Waals surface area contributed by atoms with Crippen LogP contribution in [-0.4, -0.2) is 53.6 Å². The Morgan fingerprint density at radius 1 is 0.964 bits per heavy atom. The molecule has 0 aliphatic carbocycles. The van der Waals surface area contributed by atoms with Gasteiger partial charge in [-0.25, -0.2) is 4.79 Å². The molecule has 0 unspecified atom stereocenters. The normalized spacial score (nSPS) is 14.5. The first kappa shape index (κ1) is 19.6. The summed E-state index contributed by atoms with van der Waals surface area (Å²) in [6.45, 7) is 2.95. The standard InChI is InChI=1S/C19H18I2N4O3/c20-14-3-1-12(9-15(14)21)24-5-7-25(8-6-24)18(26)11-28-13-2-4-16-17(10-13)23-19(27)22-16/h1-4,9-10H,5-8,11H2,(H2,22,23,27). The molecule has 146 valence electrons. The number of imidazole rings is 1. The molecule has 2 aromatic carbocycles. The monoisotopic (exact) mass is 604 g/mol. The lowest BCUT2D eigenvalue weighted by molar-refractivity contribution is -0.133. The molecular weight excluding hydrogens is 586 g/mol. The summed E-state index contributed by atoms with van der Waals surface area (Å²) in [5.41, 5.74) is 2.31. The van der Waals surface area contributed by atoms with Crippen LogP contribution in [0.25, 0.3) is 11.0 Å². The summed E-state index contributed by atoms with van der Waals surface area (Å²) < 4.78 is 8.12. The van der Waals surface area contributed by atoms with E-state index in [1.807, 2.05) is 4.90 Å². The van der Waals surface area contributed by atoms with Crippen LogP contribution < -0.4 is 15.3 Å². The number of rotatable bonds is 4. The van der Waals surface area contributed by atoms with Crippen LogP contribution in [0, 0.1) is 7.14 Å². The van der Waals surface area contributed by atoms with Crippen LogP contribution in [0.1, 0.15) is 0 Å². The smallest absolute Gasteiger partial charge is 0.323 e. The quantitative estimate of drug-likeness (QED) is 0.450. The first-order valence-corrected chi connectivity index (χ1v) is 11.0. The van der Waals surface area contributed by atoms with Gasteiger partial charge in [-0.3, -0.25) is 4.79 Å². The number of anilines is 1. The highest BCUT2D eigenvalue weighted by Gasteiger charge is 2.22. The molecule has 2 heterocycles. The van der Waals surface area contributed by atoms with E-state index in [-0.39, 0.29) is 18.2 Å². The molecule has 0 saturated carbocycles. The van der Waals surface area contributed by atoms with Gasteiger partial charge in [-0.05, 0) is 75.5 Å². The molecule has 1 fully saturated rings. The zero-order valence-electron chi connectivity index (χ0n) is 14.9. The SMILES string of the molecule is O=C(COc1ccc2[nH]c(=O)[nH]c2c1)N1CCN(c2ccc(I)c(I)c2)CC1. The van der Waals surface area contributed by atoms with E-state index in [4.69, 9.17) is 4.74 Å². The van der Waals surface area contributed by atoms with E-state index in [0.717, 1.165) is 13.1 Å². The lowest BCUT2D eigenvalue weighted by Gasteiger charge is -2.36. The number of hydrogen-bond donors (Lipinski definition) is 2. The second-order valence-corrected chi connectivity index (χ2v) is 8.87. The molecule has 0 radical (unpaired) electrons. The number of nitrogens with one attached hydrogen (secondary N) is 2. The van der Waals surface area contributed by atoms with Crippen molar-refractivity contribution in [3.05, 3.63) is 54.0 Å². The molecule has 4 rings (SSSR count). The molecule has 28 heavy (non-hydrogen) atoms. The lowest BCUT2D eigenvalue weighted by Crippen LogP contribution is -2.50. The number of benzene rings is 2. The Labute approximate surface area is 188 Å². The van der Waals surface area contributed by atoms with Crippen LogP contribution in [0.15, 0.2) is 41.2 Å². The Morgan fingerprint density at radius 2 is 1.71 bits per heavy atom. The van der Waals surface area contributed by atoms with Gasteiger partial charge in [-0.1, -0.05) is 0 Å². The van der Waals surface area contributed by atoms with Crippen LogP contribution in [0.2, 0.25) is 0 Å². The average molecular weight is 604 g/mol. The minimum Gasteiger partial charge on any atom is -0.484 e. The van der Waals surface area contributed by atoms with Gasteiger partial charge in [0.1, 0.15) is 5.75 Å². The Bertz CT molecular complexity index is 1070. The highest BCUT2D eigenvalue weighted by molar-refractivity contribution is 14.1. The Hall–Kier alpha value is -1.76. The third kappa shape index (κ3) is 4.29. The lowest BCUT2D eigenvalue weighted by atomic mass is 10.2. The first-order chi connectivity index (χ1) is 13.5. The molecule has 1 aliphatic rings. The number of aromatic amines is 2. The first-order valence-electron chi connectivity index (χ1n) is 8.82. The zero-order valence-corrected chi connectivity index (χ0v) is 19.2. The maximum absolute atomic E-state index is 12.5. The number of aromatic nitrogens is 2. The number of hydrogen-bond acceptors (Lipinski definition) is 4. The summed E-state index contributed by atoms with van der Waals surface area (Å²) in [6, 6.07) is 11.7. The van der Waals surface area contributed by atoms with Crippen molar-refractivity contribution < 1.29 is 9.53 Å². The van der Waals surface area contributed by atoms with Gasteiger partial charge in [-0.2, -0.15) is 0 Å². The predicted octanol–water partition coefficient (Wildman–Crippen LogP) is 2.79. The van der Waals surface area contributed by atoms with Crippen LogP contribution in [0.5, 0.6) is 5.75 Å². The number of piperazine rings is 1. The number of halogens is 2. The van der Waals surface area contributed by atoms with Crippen molar-refractivity contribution in [2.24, 2.45) is 0 Å². The predicted molar refractivity (Wildman–Crippen MR) is 125 cm³/mol. The summed E-state index contributed by atoms with van der Waals surface area (Å²) in [4.78, 5) is 33.3. The van der Waals surface area contributed by atoms with Crippen molar-refractivity contribution >= 4 is 67.8 Å².